The minimum absolute atomic E-state index is 0.0139. The Morgan fingerprint density at radius 3 is 2.73 bits per heavy atom. The summed E-state index contributed by atoms with van der Waals surface area (Å²) in [7, 11) is 0. The zero-order valence-corrected chi connectivity index (χ0v) is 10.0. The Labute approximate surface area is 91.6 Å². The van der Waals surface area contributed by atoms with E-state index in [2.05, 4.69) is 33.8 Å². The highest BCUT2D eigenvalue weighted by Crippen LogP contribution is 2.74. The molecule has 0 radical (unpaired) electrons. The van der Waals surface area contributed by atoms with Crippen LogP contribution in [-0.2, 0) is 9.47 Å². The van der Waals surface area contributed by atoms with Gasteiger partial charge >= 0.3 is 0 Å². The number of fused-ring (bicyclic) bond motifs is 1. The standard InChI is InChI=1S/C13H20O2/c1-11(2,3)10-13-9(5-7-15-13)12(13,4)6-8-14-10/h6,8-10H,5,7H2,1-4H3/t9-,10+,12-,13+/m0/s1. The Hall–Kier alpha value is -0.500. The molecule has 3 rings (SSSR count). The van der Waals surface area contributed by atoms with Crippen molar-refractivity contribution in [1.82, 2.24) is 0 Å². The normalized spacial score (nSPS) is 52.0. The first-order valence-corrected chi connectivity index (χ1v) is 5.90. The summed E-state index contributed by atoms with van der Waals surface area (Å²) in [5.74, 6) is 0.674. The molecule has 2 fully saturated rings. The molecular weight excluding hydrogens is 188 g/mol. The summed E-state index contributed by atoms with van der Waals surface area (Å²) in [5, 5.41) is 0. The first-order chi connectivity index (χ1) is 6.93. The van der Waals surface area contributed by atoms with Crippen LogP contribution in [0, 0.1) is 16.7 Å². The molecule has 2 heterocycles. The van der Waals surface area contributed by atoms with Gasteiger partial charge in [0.2, 0.25) is 0 Å². The molecule has 3 aliphatic rings. The molecule has 4 atom stereocenters. The average molecular weight is 208 g/mol. The van der Waals surface area contributed by atoms with E-state index in [0.29, 0.717) is 5.92 Å². The highest BCUT2D eigenvalue weighted by atomic mass is 16.6. The third-order valence-electron chi connectivity index (χ3n) is 4.55. The maximum Gasteiger partial charge on any atom is 0.133 e. The molecule has 1 spiro atoms. The van der Waals surface area contributed by atoms with Gasteiger partial charge < -0.3 is 9.47 Å². The number of hydrogen-bond acceptors (Lipinski definition) is 2. The van der Waals surface area contributed by atoms with Crippen molar-refractivity contribution in [2.75, 3.05) is 6.61 Å². The lowest BCUT2D eigenvalue weighted by molar-refractivity contribution is -0.115. The van der Waals surface area contributed by atoms with Crippen LogP contribution in [-0.4, -0.2) is 18.3 Å². The molecule has 0 bridgehead atoms. The van der Waals surface area contributed by atoms with Crippen LogP contribution in [0.3, 0.4) is 0 Å². The third-order valence-corrected chi connectivity index (χ3v) is 4.55. The maximum atomic E-state index is 6.08. The maximum absolute atomic E-state index is 6.08. The van der Waals surface area contributed by atoms with Crippen molar-refractivity contribution in [2.45, 2.75) is 45.8 Å². The SMILES string of the molecule is CC(C)(C)[C@H]1OC=C[C@@]2(C)[C@@H]3CCO[C@@]132. The molecule has 2 heteroatoms. The summed E-state index contributed by atoms with van der Waals surface area (Å²) in [4.78, 5) is 0. The van der Waals surface area contributed by atoms with E-state index in [1.54, 1.807) is 0 Å². The fourth-order valence-electron chi connectivity index (χ4n) is 3.84. The van der Waals surface area contributed by atoms with Gasteiger partial charge in [-0.25, -0.2) is 0 Å². The summed E-state index contributed by atoms with van der Waals surface area (Å²) in [5.41, 5.74) is 0.368. The largest absolute Gasteiger partial charge is 0.495 e. The van der Waals surface area contributed by atoms with Crippen LogP contribution >= 0.6 is 0 Å². The van der Waals surface area contributed by atoms with Crippen LogP contribution < -0.4 is 0 Å². The van der Waals surface area contributed by atoms with Gasteiger partial charge in [-0.3, -0.25) is 0 Å². The van der Waals surface area contributed by atoms with E-state index in [4.69, 9.17) is 9.47 Å². The molecule has 2 nitrogen and oxygen atoms in total. The number of ether oxygens (including phenoxy) is 2. The molecule has 2 aliphatic heterocycles. The Balaban J connectivity index is 2.03. The molecule has 15 heavy (non-hydrogen) atoms. The predicted molar refractivity (Wildman–Crippen MR) is 58.4 cm³/mol. The monoisotopic (exact) mass is 208 g/mol. The van der Waals surface area contributed by atoms with E-state index < -0.39 is 0 Å². The van der Waals surface area contributed by atoms with E-state index >= 15 is 0 Å². The van der Waals surface area contributed by atoms with Crippen LogP contribution in [0.25, 0.3) is 0 Å². The average Bonchev–Trinajstić information content (AvgIpc) is 2.51. The Kier molecular flexibility index (Phi) is 1.57. The molecule has 1 aliphatic carbocycles. The van der Waals surface area contributed by atoms with Crippen LogP contribution in [0.5, 0.6) is 0 Å². The van der Waals surface area contributed by atoms with Crippen molar-refractivity contribution in [1.29, 1.82) is 0 Å². The molecule has 84 valence electrons. The summed E-state index contributed by atoms with van der Waals surface area (Å²) in [6.45, 7) is 9.94. The zero-order valence-electron chi connectivity index (χ0n) is 10.0. The first kappa shape index (κ1) is 9.71. The van der Waals surface area contributed by atoms with Crippen molar-refractivity contribution in [3.05, 3.63) is 12.3 Å². The fraction of sp³-hybridized carbons (Fsp3) is 0.846. The van der Waals surface area contributed by atoms with E-state index in [1.165, 1.54) is 6.42 Å². The molecule has 1 saturated carbocycles. The summed E-state index contributed by atoms with van der Waals surface area (Å²) < 4.78 is 11.9. The third kappa shape index (κ3) is 0.902. The van der Waals surface area contributed by atoms with Crippen LogP contribution in [0.15, 0.2) is 12.3 Å². The lowest BCUT2D eigenvalue weighted by atomic mass is 9.80. The van der Waals surface area contributed by atoms with Crippen molar-refractivity contribution in [3.63, 3.8) is 0 Å². The van der Waals surface area contributed by atoms with Crippen molar-refractivity contribution >= 4 is 0 Å². The van der Waals surface area contributed by atoms with E-state index in [9.17, 15) is 0 Å². The van der Waals surface area contributed by atoms with E-state index in [-0.39, 0.29) is 22.5 Å². The topological polar surface area (TPSA) is 18.5 Å². The molecule has 0 aromatic heterocycles. The Morgan fingerprint density at radius 2 is 2.07 bits per heavy atom. The number of hydrogen-bond donors (Lipinski definition) is 0. The van der Waals surface area contributed by atoms with Gasteiger partial charge in [-0.15, -0.1) is 0 Å². The van der Waals surface area contributed by atoms with Gasteiger partial charge in [0.05, 0.1) is 6.26 Å². The molecule has 0 aromatic rings. The Morgan fingerprint density at radius 1 is 1.33 bits per heavy atom. The Bertz CT molecular complexity index is 328. The lowest BCUT2D eigenvalue weighted by Crippen LogP contribution is -2.46. The van der Waals surface area contributed by atoms with Crippen LogP contribution in [0.1, 0.15) is 34.1 Å². The van der Waals surface area contributed by atoms with Crippen molar-refractivity contribution < 1.29 is 9.47 Å². The molecule has 0 amide bonds. The second-order valence-corrected chi connectivity index (χ2v) is 6.45. The lowest BCUT2D eigenvalue weighted by Gasteiger charge is -2.40. The smallest absolute Gasteiger partial charge is 0.133 e. The van der Waals surface area contributed by atoms with Crippen LogP contribution in [0.2, 0.25) is 0 Å². The molecular formula is C13H20O2. The van der Waals surface area contributed by atoms with Gasteiger partial charge in [0.25, 0.3) is 0 Å². The van der Waals surface area contributed by atoms with Gasteiger partial charge in [0, 0.05) is 23.4 Å². The van der Waals surface area contributed by atoms with Crippen molar-refractivity contribution in [3.8, 4) is 0 Å². The summed E-state index contributed by atoms with van der Waals surface area (Å²) >= 11 is 0. The highest BCUT2D eigenvalue weighted by Gasteiger charge is 2.82. The van der Waals surface area contributed by atoms with Gasteiger partial charge in [-0.05, 0) is 12.5 Å². The second-order valence-electron chi connectivity index (χ2n) is 6.45. The second kappa shape index (κ2) is 2.42. The molecule has 0 unspecified atom stereocenters. The number of rotatable bonds is 0. The zero-order chi connectivity index (χ0) is 10.9. The van der Waals surface area contributed by atoms with Crippen LogP contribution in [0.4, 0.5) is 0 Å². The minimum Gasteiger partial charge on any atom is -0.495 e. The predicted octanol–water partition coefficient (Wildman–Crippen LogP) is 2.74. The van der Waals surface area contributed by atoms with Gasteiger partial charge in [-0.1, -0.05) is 27.7 Å². The van der Waals surface area contributed by atoms with E-state index in [1.807, 2.05) is 6.26 Å². The van der Waals surface area contributed by atoms with Gasteiger partial charge in [0.1, 0.15) is 11.7 Å². The van der Waals surface area contributed by atoms with Gasteiger partial charge in [-0.2, -0.15) is 0 Å². The fourth-order valence-corrected chi connectivity index (χ4v) is 3.84. The molecule has 0 N–H and O–H groups in total. The highest BCUT2D eigenvalue weighted by molar-refractivity contribution is 5.36. The quantitative estimate of drug-likeness (QED) is 0.609. The molecule has 1 saturated heterocycles. The minimum atomic E-state index is -0.0139. The van der Waals surface area contributed by atoms with Gasteiger partial charge in [0.15, 0.2) is 0 Å². The molecule has 0 aromatic carbocycles. The summed E-state index contributed by atoms with van der Waals surface area (Å²) in [6.07, 6.45) is 5.49. The van der Waals surface area contributed by atoms with E-state index in [0.717, 1.165) is 6.61 Å². The van der Waals surface area contributed by atoms with Crippen molar-refractivity contribution in [2.24, 2.45) is 16.7 Å². The first-order valence-electron chi connectivity index (χ1n) is 5.90. The summed E-state index contributed by atoms with van der Waals surface area (Å²) in [6, 6.07) is 0.